The standard InChI is InChI=1S/C16H15ClN2O2/c1-19(16(21)14-8-5-9-15(17)18-14)13(11-20)10-12-6-3-2-4-7-12/h2-9,11,13H,10H2,1H3/t13-/m0/s1. The van der Waals surface area contributed by atoms with E-state index >= 15 is 0 Å². The van der Waals surface area contributed by atoms with Gasteiger partial charge < -0.3 is 9.69 Å². The summed E-state index contributed by atoms with van der Waals surface area (Å²) in [6.45, 7) is 0. The van der Waals surface area contributed by atoms with Crippen molar-refractivity contribution in [3.8, 4) is 0 Å². The van der Waals surface area contributed by atoms with Crippen molar-refractivity contribution >= 4 is 23.8 Å². The Morgan fingerprint density at radius 1 is 1.24 bits per heavy atom. The molecule has 0 unspecified atom stereocenters. The molecule has 0 bridgehead atoms. The highest BCUT2D eigenvalue weighted by Crippen LogP contribution is 2.11. The molecular weight excluding hydrogens is 288 g/mol. The Morgan fingerprint density at radius 2 is 1.95 bits per heavy atom. The van der Waals surface area contributed by atoms with Crippen LogP contribution in [0.5, 0.6) is 0 Å². The number of halogens is 1. The molecular formula is C16H15ClN2O2. The van der Waals surface area contributed by atoms with Crippen LogP contribution in [0.15, 0.2) is 48.5 Å². The summed E-state index contributed by atoms with van der Waals surface area (Å²) in [5, 5.41) is 0.250. The Hall–Kier alpha value is -2.20. The summed E-state index contributed by atoms with van der Waals surface area (Å²) in [4.78, 5) is 29.0. The topological polar surface area (TPSA) is 50.3 Å². The average molecular weight is 303 g/mol. The van der Waals surface area contributed by atoms with Gasteiger partial charge in [0.05, 0.1) is 6.04 Å². The number of hydrogen-bond donors (Lipinski definition) is 0. The van der Waals surface area contributed by atoms with E-state index in [-0.39, 0.29) is 16.8 Å². The van der Waals surface area contributed by atoms with Gasteiger partial charge in [0.25, 0.3) is 5.91 Å². The molecule has 0 saturated heterocycles. The van der Waals surface area contributed by atoms with E-state index in [0.717, 1.165) is 11.8 Å². The Balaban J connectivity index is 2.14. The largest absolute Gasteiger partial charge is 0.330 e. The monoisotopic (exact) mass is 302 g/mol. The normalized spacial score (nSPS) is 11.7. The maximum absolute atomic E-state index is 12.3. The average Bonchev–Trinajstić information content (AvgIpc) is 2.52. The van der Waals surface area contributed by atoms with Gasteiger partial charge >= 0.3 is 0 Å². The Morgan fingerprint density at radius 3 is 2.57 bits per heavy atom. The molecule has 108 valence electrons. The molecule has 2 rings (SSSR count). The van der Waals surface area contributed by atoms with E-state index < -0.39 is 6.04 Å². The number of amides is 1. The summed E-state index contributed by atoms with van der Waals surface area (Å²) in [6, 6.07) is 13.8. The lowest BCUT2D eigenvalue weighted by atomic mass is 10.1. The minimum Gasteiger partial charge on any atom is -0.330 e. The van der Waals surface area contributed by atoms with E-state index in [4.69, 9.17) is 11.6 Å². The number of hydrogen-bond acceptors (Lipinski definition) is 3. The van der Waals surface area contributed by atoms with Gasteiger partial charge in [-0.1, -0.05) is 48.0 Å². The first-order valence-electron chi connectivity index (χ1n) is 6.50. The molecule has 21 heavy (non-hydrogen) atoms. The van der Waals surface area contributed by atoms with E-state index in [0.29, 0.717) is 6.42 Å². The van der Waals surface area contributed by atoms with Crippen LogP contribution in [0.2, 0.25) is 5.15 Å². The molecule has 0 aliphatic rings. The Kier molecular flexibility index (Phi) is 5.06. The number of aldehydes is 1. The number of nitrogens with zero attached hydrogens (tertiary/aromatic N) is 2. The Bertz CT molecular complexity index is 631. The zero-order chi connectivity index (χ0) is 15.2. The van der Waals surface area contributed by atoms with Crippen LogP contribution in [-0.2, 0) is 11.2 Å². The van der Waals surface area contributed by atoms with Crippen LogP contribution in [-0.4, -0.2) is 35.2 Å². The van der Waals surface area contributed by atoms with Gasteiger partial charge in [0.15, 0.2) is 0 Å². The third kappa shape index (κ3) is 3.89. The van der Waals surface area contributed by atoms with E-state index in [1.807, 2.05) is 30.3 Å². The van der Waals surface area contributed by atoms with Crippen LogP contribution < -0.4 is 0 Å². The first-order chi connectivity index (χ1) is 10.1. The smallest absolute Gasteiger partial charge is 0.272 e. The van der Waals surface area contributed by atoms with E-state index in [1.54, 1.807) is 25.2 Å². The molecule has 1 heterocycles. The molecule has 0 aliphatic heterocycles. The molecule has 1 aromatic heterocycles. The summed E-state index contributed by atoms with van der Waals surface area (Å²) < 4.78 is 0. The van der Waals surface area contributed by atoms with Crippen LogP contribution in [0.25, 0.3) is 0 Å². The van der Waals surface area contributed by atoms with Gasteiger partial charge in [0.2, 0.25) is 0 Å². The van der Waals surface area contributed by atoms with Crippen molar-refractivity contribution in [1.29, 1.82) is 0 Å². The summed E-state index contributed by atoms with van der Waals surface area (Å²) in [7, 11) is 1.59. The molecule has 5 heteroatoms. The van der Waals surface area contributed by atoms with Gasteiger partial charge in [0.1, 0.15) is 17.1 Å². The molecule has 0 radical (unpaired) electrons. The molecule has 0 N–H and O–H groups in total. The van der Waals surface area contributed by atoms with Crippen molar-refractivity contribution < 1.29 is 9.59 Å². The Labute approximate surface area is 128 Å². The molecule has 1 amide bonds. The fourth-order valence-electron chi connectivity index (χ4n) is 1.99. The van der Waals surface area contributed by atoms with Gasteiger partial charge in [-0.2, -0.15) is 0 Å². The van der Waals surface area contributed by atoms with Crippen molar-refractivity contribution in [3.05, 3.63) is 64.9 Å². The fraction of sp³-hybridized carbons (Fsp3) is 0.188. The van der Waals surface area contributed by atoms with Crippen LogP contribution in [0.3, 0.4) is 0 Å². The first kappa shape index (κ1) is 15.2. The maximum atomic E-state index is 12.3. The number of carbonyl (C=O) groups excluding carboxylic acids is 2. The quantitative estimate of drug-likeness (QED) is 0.630. The SMILES string of the molecule is CN(C(=O)c1cccc(Cl)n1)[C@H](C=O)Cc1ccccc1. The van der Waals surface area contributed by atoms with Crippen molar-refractivity contribution in [2.75, 3.05) is 7.05 Å². The lowest BCUT2D eigenvalue weighted by Gasteiger charge is -2.23. The van der Waals surface area contributed by atoms with Crippen LogP contribution >= 0.6 is 11.6 Å². The zero-order valence-electron chi connectivity index (χ0n) is 11.6. The van der Waals surface area contributed by atoms with Gasteiger partial charge in [-0.15, -0.1) is 0 Å². The summed E-state index contributed by atoms with van der Waals surface area (Å²) in [6.07, 6.45) is 1.24. The number of benzene rings is 1. The second kappa shape index (κ2) is 6.99. The predicted molar refractivity (Wildman–Crippen MR) is 81.3 cm³/mol. The zero-order valence-corrected chi connectivity index (χ0v) is 12.3. The highest BCUT2D eigenvalue weighted by molar-refractivity contribution is 6.29. The molecule has 0 fully saturated rings. The summed E-state index contributed by atoms with van der Waals surface area (Å²) >= 11 is 5.79. The molecule has 4 nitrogen and oxygen atoms in total. The number of aromatic nitrogens is 1. The molecule has 1 atom stereocenters. The molecule has 1 aromatic carbocycles. The van der Waals surface area contributed by atoms with Crippen molar-refractivity contribution in [3.63, 3.8) is 0 Å². The third-order valence-electron chi connectivity index (χ3n) is 3.20. The van der Waals surface area contributed by atoms with Gasteiger partial charge in [-0.05, 0) is 24.1 Å². The minimum atomic E-state index is -0.541. The van der Waals surface area contributed by atoms with Crippen LogP contribution in [0.4, 0.5) is 0 Å². The number of likely N-dealkylation sites (N-methyl/N-ethyl adjacent to an activating group) is 1. The number of rotatable bonds is 5. The third-order valence-corrected chi connectivity index (χ3v) is 3.41. The molecule has 0 spiro atoms. The second-order valence-corrected chi connectivity index (χ2v) is 5.04. The van der Waals surface area contributed by atoms with E-state index in [1.165, 1.54) is 4.90 Å². The number of pyridine rings is 1. The van der Waals surface area contributed by atoms with Crippen LogP contribution in [0.1, 0.15) is 16.1 Å². The predicted octanol–water partition coefficient (Wildman–Crippen LogP) is 2.62. The van der Waals surface area contributed by atoms with Crippen molar-refractivity contribution in [2.45, 2.75) is 12.5 Å². The van der Waals surface area contributed by atoms with Gasteiger partial charge in [-0.3, -0.25) is 4.79 Å². The van der Waals surface area contributed by atoms with Crippen LogP contribution in [0, 0.1) is 0 Å². The van der Waals surface area contributed by atoms with Gasteiger partial charge in [0, 0.05) is 7.05 Å². The lowest BCUT2D eigenvalue weighted by Crippen LogP contribution is -2.40. The van der Waals surface area contributed by atoms with Crippen molar-refractivity contribution in [2.24, 2.45) is 0 Å². The van der Waals surface area contributed by atoms with Gasteiger partial charge in [-0.25, -0.2) is 4.98 Å². The second-order valence-electron chi connectivity index (χ2n) is 4.65. The highest BCUT2D eigenvalue weighted by Gasteiger charge is 2.22. The first-order valence-corrected chi connectivity index (χ1v) is 6.88. The molecule has 0 aliphatic carbocycles. The van der Waals surface area contributed by atoms with E-state index in [9.17, 15) is 9.59 Å². The minimum absolute atomic E-state index is 0.227. The highest BCUT2D eigenvalue weighted by atomic mass is 35.5. The van der Waals surface area contributed by atoms with E-state index in [2.05, 4.69) is 4.98 Å². The summed E-state index contributed by atoms with van der Waals surface area (Å²) in [5.74, 6) is -0.328. The summed E-state index contributed by atoms with van der Waals surface area (Å²) in [5.41, 5.74) is 1.22. The fourth-order valence-corrected chi connectivity index (χ4v) is 2.15. The molecule has 2 aromatic rings. The number of carbonyl (C=O) groups is 2. The van der Waals surface area contributed by atoms with Crippen molar-refractivity contribution in [1.82, 2.24) is 9.88 Å². The maximum Gasteiger partial charge on any atom is 0.272 e. The molecule has 0 saturated carbocycles. The lowest BCUT2D eigenvalue weighted by molar-refractivity contribution is -0.111.